The molecule has 1 atom stereocenters. The van der Waals surface area contributed by atoms with Crippen LogP contribution in [0.25, 0.3) is 0 Å². The minimum atomic E-state index is -3.84. The zero-order valence-electron chi connectivity index (χ0n) is 16.7. The highest BCUT2D eigenvalue weighted by molar-refractivity contribution is 7.89. The minimum absolute atomic E-state index is 0.164. The fourth-order valence-electron chi connectivity index (χ4n) is 3.63. The zero-order chi connectivity index (χ0) is 21.1. The first-order valence-corrected chi connectivity index (χ1v) is 11.2. The van der Waals surface area contributed by atoms with Crippen LogP contribution >= 0.6 is 0 Å². The summed E-state index contributed by atoms with van der Waals surface area (Å²) in [6.07, 6.45) is 3.68. The van der Waals surface area contributed by atoms with Crippen molar-refractivity contribution in [3.8, 4) is 0 Å². The van der Waals surface area contributed by atoms with E-state index in [2.05, 4.69) is 10.3 Å². The molecule has 6 nitrogen and oxygen atoms in total. The second-order valence-corrected chi connectivity index (χ2v) is 9.32. The predicted molar refractivity (Wildman–Crippen MR) is 114 cm³/mol. The van der Waals surface area contributed by atoms with Crippen molar-refractivity contribution < 1.29 is 13.2 Å². The molecule has 7 heteroatoms. The molecule has 1 amide bonds. The highest BCUT2D eigenvalue weighted by Gasteiger charge is 2.39. The number of hydrogen-bond acceptors (Lipinski definition) is 4. The molecule has 2 aromatic carbocycles. The van der Waals surface area contributed by atoms with Gasteiger partial charge in [-0.3, -0.25) is 9.78 Å². The maximum Gasteiger partial charge on any atom is 0.244 e. The molecule has 1 aliphatic heterocycles. The van der Waals surface area contributed by atoms with Gasteiger partial charge in [0, 0.05) is 25.5 Å². The van der Waals surface area contributed by atoms with Gasteiger partial charge in [0.25, 0.3) is 0 Å². The molecule has 154 valence electrons. The molecule has 0 saturated heterocycles. The van der Waals surface area contributed by atoms with Gasteiger partial charge in [0.05, 0.1) is 4.90 Å². The Bertz CT molecular complexity index is 1150. The van der Waals surface area contributed by atoms with Gasteiger partial charge in [-0.05, 0) is 48.2 Å². The van der Waals surface area contributed by atoms with E-state index in [1.165, 1.54) is 4.31 Å². The summed E-state index contributed by atoms with van der Waals surface area (Å²) in [4.78, 5) is 17.3. The first-order valence-electron chi connectivity index (χ1n) is 9.77. The van der Waals surface area contributed by atoms with Gasteiger partial charge in [0.1, 0.15) is 6.04 Å². The summed E-state index contributed by atoms with van der Waals surface area (Å²) in [5.74, 6) is -0.316. The van der Waals surface area contributed by atoms with E-state index in [1.54, 1.807) is 42.7 Å². The second-order valence-electron chi connectivity index (χ2n) is 7.43. The van der Waals surface area contributed by atoms with Crippen molar-refractivity contribution in [2.24, 2.45) is 0 Å². The summed E-state index contributed by atoms with van der Waals surface area (Å²) < 4.78 is 28.2. The molecule has 1 aromatic heterocycles. The number of aromatic nitrogens is 1. The van der Waals surface area contributed by atoms with Crippen LogP contribution < -0.4 is 5.32 Å². The van der Waals surface area contributed by atoms with Crippen molar-refractivity contribution in [3.05, 3.63) is 95.3 Å². The van der Waals surface area contributed by atoms with Gasteiger partial charge in [-0.2, -0.15) is 4.31 Å². The summed E-state index contributed by atoms with van der Waals surface area (Å²) in [6, 6.07) is 17.2. The van der Waals surface area contributed by atoms with E-state index in [1.807, 2.05) is 37.3 Å². The highest BCUT2D eigenvalue weighted by Crippen LogP contribution is 2.29. The van der Waals surface area contributed by atoms with Gasteiger partial charge in [-0.15, -0.1) is 0 Å². The van der Waals surface area contributed by atoms with Crippen molar-refractivity contribution in [2.75, 3.05) is 0 Å². The molecule has 0 bridgehead atoms. The molecule has 30 heavy (non-hydrogen) atoms. The number of hydrogen-bond donors (Lipinski definition) is 1. The lowest BCUT2D eigenvalue weighted by Gasteiger charge is -2.35. The second kappa shape index (κ2) is 8.38. The molecule has 4 rings (SSSR count). The van der Waals surface area contributed by atoms with Crippen LogP contribution in [0.3, 0.4) is 0 Å². The van der Waals surface area contributed by atoms with E-state index in [-0.39, 0.29) is 17.3 Å². The van der Waals surface area contributed by atoms with E-state index in [0.717, 1.165) is 22.3 Å². The van der Waals surface area contributed by atoms with Gasteiger partial charge < -0.3 is 5.32 Å². The van der Waals surface area contributed by atoms with E-state index in [0.29, 0.717) is 13.0 Å². The summed E-state index contributed by atoms with van der Waals surface area (Å²) in [5, 5.41) is 2.88. The molecular formula is C23H23N3O3S. The van der Waals surface area contributed by atoms with Crippen LogP contribution in [-0.4, -0.2) is 29.7 Å². The smallest absolute Gasteiger partial charge is 0.244 e. The number of carbonyl (C=O) groups is 1. The van der Waals surface area contributed by atoms with E-state index < -0.39 is 16.1 Å². The van der Waals surface area contributed by atoms with Crippen LogP contribution in [0.4, 0.5) is 0 Å². The Morgan fingerprint density at radius 1 is 1.07 bits per heavy atom. The van der Waals surface area contributed by atoms with Crippen LogP contribution in [0.1, 0.15) is 22.3 Å². The SMILES string of the molecule is Cc1ccc(S(=O)(=O)N2Cc3ccccc3CC2C(=O)NCc2cccnc2)cc1. The number of aryl methyl sites for hydroxylation is 1. The maximum absolute atomic E-state index is 13.4. The maximum atomic E-state index is 13.4. The average molecular weight is 422 g/mol. The summed E-state index contributed by atoms with van der Waals surface area (Å²) >= 11 is 0. The first kappa shape index (κ1) is 20.3. The number of nitrogens with zero attached hydrogens (tertiary/aromatic N) is 2. The van der Waals surface area contributed by atoms with E-state index >= 15 is 0 Å². The molecule has 3 aromatic rings. The van der Waals surface area contributed by atoms with Gasteiger partial charge in [-0.25, -0.2) is 8.42 Å². The van der Waals surface area contributed by atoms with Gasteiger partial charge in [0.15, 0.2) is 0 Å². The lowest BCUT2D eigenvalue weighted by atomic mass is 9.95. The molecular weight excluding hydrogens is 398 g/mol. The third-order valence-electron chi connectivity index (χ3n) is 5.33. The van der Waals surface area contributed by atoms with Crippen molar-refractivity contribution >= 4 is 15.9 Å². The predicted octanol–water partition coefficient (Wildman–Crippen LogP) is 2.82. The molecule has 0 aliphatic carbocycles. The van der Waals surface area contributed by atoms with E-state index in [4.69, 9.17) is 0 Å². The Morgan fingerprint density at radius 3 is 2.50 bits per heavy atom. The number of benzene rings is 2. The quantitative estimate of drug-likeness (QED) is 0.687. The molecule has 0 saturated carbocycles. The van der Waals surface area contributed by atoms with Crippen LogP contribution in [0.5, 0.6) is 0 Å². The Morgan fingerprint density at radius 2 is 1.80 bits per heavy atom. The Labute approximate surface area is 176 Å². The molecule has 2 heterocycles. The fourth-order valence-corrected chi connectivity index (χ4v) is 5.20. The number of pyridine rings is 1. The zero-order valence-corrected chi connectivity index (χ0v) is 17.5. The number of carbonyl (C=O) groups excluding carboxylic acids is 1. The molecule has 0 spiro atoms. The van der Waals surface area contributed by atoms with Crippen LogP contribution in [0, 0.1) is 6.92 Å². The van der Waals surface area contributed by atoms with Crippen molar-refractivity contribution in [3.63, 3.8) is 0 Å². The van der Waals surface area contributed by atoms with Crippen molar-refractivity contribution in [2.45, 2.75) is 37.4 Å². The summed E-state index contributed by atoms with van der Waals surface area (Å²) in [5.41, 5.74) is 3.75. The van der Waals surface area contributed by atoms with Crippen molar-refractivity contribution in [1.82, 2.24) is 14.6 Å². The van der Waals surface area contributed by atoms with Crippen molar-refractivity contribution in [1.29, 1.82) is 0 Å². The first-order chi connectivity index (χ1) is 14.4. The van der Waals surface area contributed by atoms with Gasteiger partial charge >= 0.3 is 0 Å². The monoisotopic (exact) mass is 421 g/mol. The largest absolute Gasteiger partial charge is 0.351 e. The minimum Gasteiger partial charge on any atom is -0.351 e. The van der Waals surface area contributed by atoms with Gasteiger partial charge in [-0.1, -0.05) is 48.0 Å². The van der Waals surface area contributed by atoms with E-state index in [9.17, 15) is 13.2 Å². The summed E-state index contributed by atoms with van der Waals surface area (Å²) in [6.45, 7) is 2.36. The third-order valence-corrected chi connectivity index (χ3v) is 7.19. The number of amides is 1. The average Bonchev–Trinajstić information content (AvgIpc) is 2.77. The lowest BCUT2D eigenvalue weighted by Crippen LogP contribution is -2.52. The summed E-state index contributed by atoms with van der Waals surface area (Å²) in [7, 11) is -3.84. The molecule has 0 radical (unpaired) electrons. The molecule has 0 fully saturated rings. The molecule has 1 aliphatic rings. The lowest BCUT2D eigenvalue weighted by molar-refractivity contribution is -0.125. The number of fused-ring (bicyclic) bond motifs is 1. The number of sulfonamides is 1. The molecule has 1 N–H and O–H groups in total. The van der Waals surface area contributed by atoms with Crippen LogP contribution in [0.2, 0.25) is 0 Å². The fraction of sp³-hybridized carbons (Fsp3) is 0.217. The third kappa shape index (κ3) is 4.13. The normalized spacial score (nSPS) is 16.6. The Kier molecular flexibility index (Phi) is 5.65. The Balaban J connectivity index is 1.65. The van der Waals surface area contributed by atoms with Crippen LogP contribution in [0.15, 0.2) is 78.0 Å². The molecule has 1 unspecified atom stereocenters. The Hall–Kier alpha value is -3.03. The van der Waals surface area contributed by atoms with Crippen LogP contribution in [-0.2, 0) is 34.3 Å². The highest BCUT2D eigenvalue weighted by atomic mass is 32.2. The number of nitrogens with one attached hydrogen (secondary N) is 1. The van der Waals surface area contributed by atoms with Gasteiger partial charge in [0.2, 0.25) is 15.9 Å². The number of rotatable bonds is 5. The standard InChI is InChI=1S/C23H23N3O3S/c1-17-8-10-21(11-9-17)30(28,29)26-16-20-7-3-2-6-19(20)13-22(26)23(27)25-15-18-5-4-12-24-14-18/h2-12,14,22H,13,15-16H2,1H3,(H,25,27). The topological polar surface area (TPSA) is 79.4 Å².